The molecule has 1 saturated heterocycles. The number of methoxy groups -OCH3 is 1. The molecule has 1 aliphatic heterocycles. The number of amides is 2. The number of thioether (sulfide) groups is 1. The molecular formula is C20H22N2O3S. The number of carbonyl (C=O) groups is 2. The third-order valence-electron chi connectivity index (χ3n) is 4.18. The summed E-state index contributed by atoms with van der Waals surface area (Å²) < 4.78 is 5.20. The molecule has 6 heteroatoms. The zero-order valence-electron chi connectivity index (χ0n) is 14.7. The van der Waals surface area contributed by atoms with Crippen molar-refractivity contribution >= 4 is 35.0 Å². The van der Waals surface area contributed by atoms with Gasteiger partial charge in [-0.3, -0.25) is 9.59 Å². The highest BCUT2D eigenvalue weighted by Gasteiger charge is 2.21. The number of rotatable bonds is 7. The molecule has 136 valence electrons. The normalized spacial score (nSPS) is 13.7. The van der Waals surface area contributed by atoms with E-state index in [9.17, 15) is 9.59 Å². The maximum absolute atomic E-state index is 12.1. The fourth-order valence-corrected chi connectivity index (χ4v) is 3.72. The van der Waals surface area contributed by atoms with E-state index >= 15 is 0 Å². The largest absolute Gasteiger partial charge is 0.497 e. The molecule has 0 saturated carbocycles. The Balaban J connectivity index is 1.46. The van der Waals surface area contributed by atoms with Gasteiger partial charge >= 0.3 is 0 Å². The Morgan fingerprint density at radius 1 is 1.23 bits per heavy atom. The Labute approximate surface area is 157 Å². The zero-order chi connectivity index (χ0) is 18.4. The van der Waals surface area contributed by atoms with E-state index in [2.05, 4.69) is 5.32 Å². The van der Waals surface area contributed by atoms with Crippen LogP contribution >= 0.6 is 11.8 Å². The SMILES string of the molecule is COc1cccc(SCCC(=O)Nc2ccc(N3CCCC3=O)cc2)c1. The van der Waals surface area contributed by atoms with Crippen molar-refractivity contribution in [2.24, 2.45) is 0 Å². The van der Waals surface area contributed by atoms with Crippen LogP contribution in [0.15, 0.2) is 53.4 Å². The van der Waals surface area contributed by atoms with Gasteiger partial charge in [-0.2, -0.15) is 0 Å². The van der Waals surface area contributed by atoms with E-state index in [0.29, 0.717) is 18.6 Å². The molecule has 1 heterocycles. The van der Waals surface area contributed by atoms with Crippen LogP contribution in [0.2, 0.25) is 0 Å². The van der Waals surface area contributed by atoms with Gasteiger partial charge in [0, 0.05) is 41.4 Å². The highest BCUT2D eigenvalue weighted by molar-refractivity contribution is 7.99. The molecule has 2 aromatic carbocycles. The number of hydrogen-bond donors (Lipinski definition) is 1. The van der Waals surface area contributed by atoms with E-state index in [1.165, 1.54) is 0 Å². The Bertz CT molecular complexity index is 777. The lowest BCUT2D eigenvalue weighted by atomic mass is 10.2. The smallest absolute Gasteiger partial charge is 0.227 e. The molecule has 0 radical (unpaired) electrons. The first-order valence-corrected chi connectivity index (χ1v) is 9.61. The monoisotopic (exact) mass is 370 g/mol. The highest BCUT2D eigenvalue weighted by Crippen LogP contribution is 2.25. The van der Waals surface area contributed by atoms with E-state index in [0.717, 1.165) is 35.0 Å². The minimum Gasteiger partial charge on any atom is -0.497 e. The predicted molar refractivity (Wildman–Crippen MR) is 105 cm³/mol. The van der Waals surface area contributed by atoms with Crippen LogP contribution in [0, 0.1) is 0 Å². The number of carbonyl (C=O) groups excluding carboxylic acids is 2. The first-order valence-electron chi connectivity index (χ1n) is 8.63. The number of hydrogen-bond acceptors (Lipinski definition) is 4. The first kappa shape index (κ1) is 18.3. The molecule has 0 aliphatic carbocycles. The second-order valence-electron chi connectivity index (χ2n) is 6.02. The molecule has 0 spiro atoms. The van der Waals surface area contributed by atoms with Gasteiger partial charge in [0.15, 0.2) is 0 Å². The van der Waals surface area contributed by atoms with Crippen LogP contribution in [0.5, 0.6) is 5.75 Å². The summed E-state index contributed by atoms with van der Waals surface area (Å²) in [6, 6.07) is 15.2. The van der Waals surface area contributed by atoms with Crippen molar-refractivity contribution < 1.29 is 14.3 Å². The van der Waals surface area contributed by atoms with Gasteiger partial charge in [0.05, 0.1) is 7.11 Å². The second-order valence-corrected chi connectivity index (χ2v) is 7.19. The summed E-state index contributed by atoms with van der Waals surface area (Å²) in [5, 5.41) is 2.90. The van der Waals surface area contributed by atoms with E-state index in [1.54, 1.807) is 23.8 Å². The highest BCUT2D eigenvalue weighted by atomic mass is 32.2. The van der Waals surface area contributed by atoms with Crippen molar-refractivity contribution in [3.05, 3.63) is 48.5 Å². The van der Waals surface area contributed by atoms with Gasteiger partial charge in [0.2, 0.25) is 11.8 Å². The number of ether oxygens (including phenoxy) is 1. The molecule has 2 aromatic rings. The van der Waals surface area contributed by atoms with E-state index in [-0.39, 0.29) is 11.8 Å². The van der Waals surface area contributed by atoms with Crippen LogP contribution in [0.3, 0.4) is 0 Å². The molecule has 0 aromatic heterocycles. The summed E-state index contributed by atoms with van der Waals surface area (Å²) in [5.74, 6) is 1.65. The van der Waals surface area contributed by atoms with Crippen LogP contribution in [-0.4, -0.2) is 31.2 Å². The maximum Gasteiger partial charge on any atom is 0.227 e. The molecule has 5 nitrogen and oxygen atoms in total. The Morgan fingerprint density at radius 2 is 2.04 bits per heavy atom. The molecular weight excluding hydrogens is 348 g/mol. The minimum absolute atomic E-state index is 0.0228. The Kier molecular flexibility index (Phi) is 6.17. The third kappa shape index (κ3) is 4.79. The lowest BCUT2D eigenvalue weighted by Crippen LogP contribution is -2.23. The number of nitrogens with one attached hydrogen (secondary N) is 1. The molecule has 0 unspecified atom stereocenters. The van der Waals surface area contributed by atoms with Gasteiger partial charge in [-0.1, -0.05) is 6.07 Å². The Hall–Kier alpha value is -2.47. The van der Waals surface area contributed by atoms with Crippen molar-refractivity contribution in [3.63, 3.8) is 0 Å². The maximum atomic E-state index is 12.1. The number of nitrogens with zero attached hydrogens (tertiary/aromatic N) is 1. The van der Waals surface area contributed by atoms with Crippen molar-refractivity contribution in [2.75, 3.05) is 29.6 Å². The van der Waals surface area contributed by atoms with Gasteiger partial charge < -0.3 is 15.0 Å². The second kappa shape index (κ2) is 8.76. The third-order valence-corrected chi connectivity index (χ3v) is 5.17. The summed E-state index contributed by atoms with van der Waals surface area (Å²) in [7, 11) is 1.64. The van der Waals surface area contributed by atoms with Crippen molar-refractivity contribution in [2.45, 2.75) is 24.2 Å². The van der Waals surface area contributed by atoms with Gasteiger partial charge in [0.1, 0.15) is 5.75 Å². The molecule has 1 N–H and O–H groups in total. The van der Waals surface area contributed by atoms with Crippen molar-refractivity contribution in [3.8, 4) is 5.75 Å². The first-order chi connectivity index (χ1) is 12.7. The van der Waals surface area contributed by atoms with Gasteiger partial charge in [-0.05, 0) is 48.9 Å². The standard InChI is InChI=1S/C20H22N2O3S/c1-25-17-4-2-5-18(14-17)26-13-11-19(23)21-15-7-9-16(10-8-15)22-12-3-6-20(22)24/h2,4-5,7-10,14H,3,6,11-13H2,1H3,(H,21,23). The lowest BCUT2D eigenvalue weighted by molar-refractivity contribution is -0.117. The zero-order valence-corrected chi connectivity index (χ0v) is 15.6. The van der Waals surface area contributed by atoms with Gasteiger partial charge in [-0.25, -0.2) is 0 Å². The summed E-state index contributed by atoms with van der Waals surface area (Å²) in [4.78, 5) is 26.7. The van der Waals surface area contributed by atoms with E-state index in [4.69, 9.17) is 4.74 Å². The summed E-state index contributed by atoms with van der Waals surface area (Å²) in [6.45, 7) is 0.770. The Morgan fingerprint density at radius 3 is 2.73 bits per heavy atom. The average Bonchev–Trinajstić information content (AvgIpc) is 3.08. The summed E-state index contributed by atoms with van der Waals surface area (Å²) >= 11 is 1.62. The average molecular weight is 370 g/mol. The lowest BCUT2D eigenvalue weighted by Gasteiger charge is -2.16. The summed E-state index contributed by atoms with van der Waals surface area (Å²) in [6.07, 6.45) is 1.94. The fourth-order valence-electron chi connectivity index (χ4n) is 2.82. The van der Waals surface area contributed by atoms with Crippen LogP contribution in [-0.2, 0) is 9.59 Å². The van der Waals surface area contributed by atoms with E-state index in [1.807, 2.05) is 48.5 Å². The van der Waals surface area contributed by atoms with Crippen molar-refractivity contribution in [1.29, 1.82) is 0 Å². The molecule has 3 rings (SSSR count). The molecule has 1 aliphatic rings. The van der Waals surface area contributed by atoms with Crippen LogP contribution < -0.4 is 15.0 Å². The van der Waals surface area contributed by atoms with Crippen LogP contribution in [0.1, 0.15) is 19.3 Å². The minimum atomic E-state index is -0.0228. The van der Waals surface area contributed by atoms with Crippen LogP contribution in [0.25, 0.3) is 0 Å². The predicted octanol–water partition coefficient (Wildman–Crippen LogP) is 3.94. The topological polar surface area (TPSA) is 58.6 Å². The van der Waals surface area contributed by atoms with Crippen LogP contribution in [0.4, 0.5) is 11.4 Å². The van der Waals surface area contributed by atoms with Gasteiger partial charge in [-0.15, -0.1) is 11.8 Å². The summed E-state index contributed by atoms with van der Waals surface area (Å²) in [5.41, 5.74) is 1.64. The molecule has 0 bridgehead atoms. The number of anilines is 2. The van der Waals surface area contributed by atoms with E-state index < -0.39 is 0 Å². The molecule has 2 amide bonds. The molecule has 1 fully saturated rings. The number of benzene rings is 2. The molecule has 26 heavy (non-hydrogen) atoms. The fraction of sp³-hybridized carbons (Fsp3) is 0.300. The van der Waals surface area contributed by atoms with Crippen molar-refractivity contribution in [1.82, 2.24) is 0 Å². The quantitative estimate of drug-likeness (QED) is 0.750. The molecule has 0 atom stereocenters. The van der Waals surface area contributed by atoms with Gasteiger partial charge in [0.25, 0.3) is 0 Å².